The molecule has 0 saturated carbocycles. The van der Waals surface area contributed by atoms with Gasteiger partial charge in [0.25, 0.3) is 0 Å². The van der Waals surface area contributed by atoms with Crippen LogP contribution < -0.4 is 0 Å². The average molecular weight is 330 g/mol. The van der Waals surface area contributed by atoms with Gasteiger partial charge in [-0.3, -0.25) is 0 Å². The molecule has 0 bridgehead atoms. The van der Waals surface area contributed by atoms with Crippen LogP contribution in [-0.2, 0) is 9.47 Å². The molecule has 4 heteroatoms. The van der Waals surface area contributed by atoms with Crippen molar-refractivity contribution in [1.29, 1.82) is 0 Å². The molecule has 0 unspecified atom stereocenters. The quantitative estimate of drug-likeness (QED) is 0.723. The molecule has 0 aliphatic carbocycles. The average Bonchev–Trinajstić information content (AvgIpc) is 2.03. The third-order valence-corrected chi connectivity index (χ3v) is 3.76. The van der Waals surface area contributed by atoms with Crippen LogP contribution in [0.2, 0.25) is 0 Å². The second-order valence-corrected chi connectivity index (χ2v) is 7.44. The molecule has 0 aromatic rings. The van der Waals surface area contributed by atoms with Crippen molar-refractivity contribution in [3.8, 4) is 0 Å². The van der Waals surface area contributed by atoms with Crippen molar-refractivity contribution in [3.63, 3.8) is 0 Å². The second-order valence-electron chi connectivity index (χ2n) is 4.69. The van der Waals surface area contributed by atoms with Crippen LogP contribution in [0.3, 0.4) is 0 Å². The third kappa shape index (κ3) is 2.52. The van der Waals surface area contributed by atoms with E-state index in [1.165, 1.54) is 0 Å². The number of halogens is 2. The summed E-state index contributed by atoms with van der Waals surface area (Å²) in [6, 6.07) is 0. The first-order chi connectivity index (χ1) is 6.30. The molecule has 0 N–H and O–H groups in total. The highest BCUT2D eigenvalue weighted by molar-refractivity contribution is 9.10. The lowest BCUT2D eigenvalue weighted by molar-refractivity contribution is -0.293. The molecule has 2 nitrogen and oxygen atoms in total. The Kier molecular flexibility index (Phi) is 4.07. The minimum atomic E-state index is -0.532. The Morgan fingerprint density at radius 3 is 1.64 bits per heavy atom. The highest BCUT2D eigenvalue weighted by Gasteiger charge is 2.47. The largest absolute Gasteiger partial charge is 0.347 e. The Hall–Kier alpha value is 0.880. The molecule has 0 amide bonds. The summed E-state index contributed by atoms with van der Waals surface area (Å²) in [5.41, 5.74) is 0.118. The number of rotatable bonds is 2. The fraction of sp³-hybridized carbons (Fsp3) is 1.00. The fourth-order valence-electron chi connectivity index (χ4n) is 1.48. The standard InChI is InChI=1S/C10H18Br2O2/c1-7(11)10(8(2)12)13-5-9(3,4)6-14-10/h7-8H,5-6H2,1-4H3/t7-,8+. The summed E-state index contributed by atoms with van der Waals surface area (Å²) in [6.07, 6.45) is 0. The first kappa shape index (κ1) is 12.9. The van der Waals surface area contributed by atoms with E-state index in [1.807, 2.05) is 0 Å². The lowest BCUT2D eigenvalue weighted by atomic mass is 9.94. The Labute approximate surface area is 103 Å². The van der Waals surface area contributed by atoms with Crippen molar-refractivity contribution in [3.05, 3.63) is 0 Å². The van der Waals surface area contributed by atoms with E-state index in [9.17, 15) is 0 Å². The van der Waals surface area contributed by atoms with Crippen molar-refractivity contribution < 1.29 is 9.47 Å². The summed E-state index contributed by atoms with van der Waals surface area (Å²) < 4.78 is 11.8. The lowest BCUT2D eigenvalue weighted by Crippen LogP contribution is -2.56. The van der Waals surface area contributed by atoms with Gasteiger partial charge >= 0.3 is 0 Å². The van der Waals surface area contributed by atoms with Crippen molar-refractivity contribution in [2.45, 2.75) is 43.1 Å². The molecular formula is C10H18Br2O2. The van der Waals surface area contributed by atoms with Crippen LogP contribution >= 0.6 is 31.9 Å². The molecule has 1 rings (SSSR count). The molecule has 84 valence electrons. The van der Waals surface area contributed by atoms with Gasteiger partial charge in [0.2, 0.25) is 0 Å². The van der Waals surface area contributed by atoms with E-state index in [-0.39, 0.29) is 15.1 Å². The van der Waals surface area contributed by atoms with E-state index < -0.39 is 5.79 Å². The van der Waals surface area contributed by atoms with Crippen LogP contribution in [0.5, 0.6) is 0 Å². The Bertz CT molecular complexity index is 182. The van der Waals surface area contributed by atoms with Gasteiger partial charge in [-0.25, -0.2) is 0 Å². The zero-order valence-corrected chi connectivity index (χ0v) is 12.3. The minimum Gasteiger partial charge on any atom is -0.347 e. The van der Waals surface area contributed by atoms with Crippen molar-refractivity contribution in [1.82, 2.24) is 0 Å². The summed E-state index contributed by atoms with van der Waals surface area (Å²) in [5.74, 6) is -0.532. The zero-order chi connectivity index (χ0) is 11.0. The predicted octanol–water partition coefficient (Wildman–Crippen LogP) is 3.32. The number of hydrogen-bond acceptors (Lipinski definition) is 2. The van der Waals surface area contributed by atoms with Crippen LogP contribution in [0, 0.1) is 5.41 Å². The molecule has 1 heterocycles. The number of alkyl halides is 2. The Balaban J connectivity index is 2.75. The first-order valence-electron chi connectivity index (χ1n) is 4.86. The van der Waals surface area contributed by atoms with Gasteiger partial charge < -0.3 is 9.47 Å². The summed E-state index contributed by atoms with van der Waals surface area (Å²) in [4.78, 5) is 0.334. The van der Waals surface area contributed by atoms with Crippen LogP contribution in [0.1, 0.15) is 27.7 Å². The van der Waals surface area contributed by atoms with Gasteiger partial charge in [-0.15, -0.1) is 0 Å². The summed E-state index contributed by atoms with van der Waals surface area (Å²) in [5, 5.41) is 0. The topological polar surface area (TPSA) is 18.5 Å². The lowest BCUT2D eigenvalue weighted by Gasteiger charge is -2.46. The van der Waals surface area contributed by atoms with Crippen LogP contribution in [0.15, 0.2) is 0 Å². The molecule has 1 aliphatic heterocycles. The van der Waals surface area contributed by atoms with E-state index >= 15 is 0 Å². The maximum Gasteiger partial charge on any atom is 0.192 e. The molecular weight excluding hydrogens is 312 g/mol. The second kappa shape index (κ2) is 4.40. The van der Waals surface area contributed by atoms with Crippen LogP contribution in [0.25, 0.3) is 0 Å². The maximum absolute atomic E-state index is 5.89. The van der Waals surface area contributed by atoms with Gasteiger partial charge in [-0.05, 0) is 13.8 Å². The molecule has 0 aromatic heterocycles. The smallest absolute Gasteiger partial charge is 0.192 e. The Morgan fingerprint density at radius 1 is 1.00 bits per heavy atom. The van der Waals surface area contributed by atoms with E-state index in [1.54, 1.807) is 0 Å². The van der Waals surface area contributed by atoms with Crippen LogP contribution in [0.4, 0.5) is 0 Å². The highest BCUT2D eigenvalue weighted by atomic mass is 79.9. The normalized spacial score (nSPS) is 29.6. The van der Waals surface area contributed by atoms with Gasteiger partial charge in [0.15, 0.2) is 5.79 Å². The van der Waals surface area contributed by atoms with Crippen molar-refractivity contribution in [2.75, 3.05) is 13.2 Å². The van der Waals surface area contributed by atoms with Crippen molar-refractivity contribution in [2.24, 2.45) is 5.41 Å². The van der Waals surface area contributed by atoms with Gasteiger partial charge in [-0.1, -0.05) is 45.7 Å². The number of hydrogen-bond donors (Lipinski definition) is 0. The number of ether oxygens (including phenoxy) is 2. The van der Waals surface area contributed by atoms with Gasteiger partial charge in [0.1, 0.15) is 0 Å². The van der Waals surface area contributed by atoms with Gasteiger partial charge in [-0.2, -0.15) is 0 Å². The van der Waals surface area contributed by atoms with E-state index in [0.29, 0.717) is 0 Å². The molecule has 1 saturated heterocycles. The van der Waals surface area contributed by atoms with Crippen LogP contribution in [-0.4, -0.2) is 28.7 Å². The third-order valence-electron chi connectivity index (χ3n) is 2.49. The predicted molar refractivity (Wildman–Crippen MR) is 65.2 cm³/mol. The molecule has 14 heavy (non-hydrogen) atoms. The zero-order valence-electron chi connectivity index (χ0n) is 9.14. The van der Waals surface area contributed by atoms with E-state index in [0.717, 1.165) is 13.2 Å². The SMILES string of the molecule is C[C@H](Br)C1([C@@H](C)Br)OCC(C)(C)CO1. The summed E-state index contributed by atoms with van der Waals surface area (Å²) in [6.45, 7) is 9.87. The van der Waals surface area contributed by atoms with Crippen molar-refractivity contribution >= 4 is 31.9 Å². The van der Waals surface area contributed by atoms with Gasteiger partial charge in [0, 0.05) is 5.41 Å². The molecule has 1 aliphatic rings. The molecule has 2 atom stereocenters. The molecule has 0 aromatic carbocycles. The fourth-order valence-corrected chi connectivity index (χ4v) is 3.15. The summed E-state index contributed by atoms with van der Waals surface area (Å²) in [7, 11) is 0. The molecule has 1 fully saturated rings. The van der Waals surface area contributed by atoms with E-state index in [2.05, 4.69) is 59.6 Å². The Morgan fingerprint density at radius 2 is 1.36 bits per heavy atom. The molecule has 0 radical (unpaired) electrons. The first-order valence-corrected chi connectivity index (χ1v) is 6.69. The minimum absolute atomic E-state index is 0.118. The highest BCUT2D eigenvalue weighted by Crippen LogP contribution is 2.38. The van der Waals surface area contributed by atoms with Gasteiger partial charge in [0.05, 0.1) is 22.9 Å². The summed E-state index contributed by atoms with van der Waals surface area (Å²) >= 11 is 7.10. The maximum atomic E-state index is 5.89. The van der Waals surface area contributed by atoms with E-state index in [4.69, 9.17) is 9.47 Å². The molecule has 0 spiro atoms. The monoisotopic (exact) mass is 328 g/mol.